The highest BCUT2D eigenvalue weighted by Gasteiger charge is 2.18. The number of para-hydroxylation sites is 1. The molecular weight excluding hydrogens is 332 g/mol. The number of alkyl halides is 2. The lowest BCUT2D eigenvalue weighted by molar-refractivity contribution is -0.113. The molecule has 0 saturated heterocycles. The molecule has 1 rings (SSSR count). The summed E-state index contributed by atoms with van der Waals surface area (Å²) < 4.78 is 48.4. The van der Waals surface area contributed by atoms with Crippen molar-refractivity contribution in [2.24, 2.45) is 0 Å². The van der Waals surface area contributed by atoms with Crippen molar-refractivity contribution in [3.8, 4) is 0 Å². The van der Waals surface area contributed by atoms with Gasteiger partial charge in [0.2, 0.25) is 5.91 Å². The number of nitrogens with one attached hydrogen (secondary N) is 1. The van der Waals surface area contributed by atoms with E-state index in [0.29, 0.717) is 18.2 Å². The van der Waals surface area contributed by atoms with Crippen LogP contribution < -0.4 is 5.32 Å². The molecule has 0 saturated carbocycles. The lowest BCUT2D eigenvalue weighted by Gasteiger charge is -2.10. The standard InChI is InChI=1S/C14H19F2NO3S2/c1-2-3-6-9-22(19,20)10-13(18)17-11-7-4-5-8-12(11)21-14(15)16/h4-5,7-8,14H,2-3,6,9-10H2,1H3,(H,17,18). The Morgan fingerprint density at radius 2 is 1.95 bits per heavy atom. The second-order valence-electron chi connectivity index (χ2n) is 4.72. The van der Waals surface area contributed by atoms with Gasteiger partial charge in [0, 0.05) is 4.90 Å². The quantitative estimate of drug-likeness (QED) is 0.546. The molecule has 1 N–H and O–H groups in total. The Morgan fingerprint density at radius 1 is 1.27 bits per heavy atom. The van der Waals surface area contributed by atoms with Gasteiger partial charge < -0.3 is 5.32 Å². The normalized spacial score (nSPS) is 11.6. The van der Waals surface area contributed by atoms with Crippen LogP contribution in [0.3, 0.4) is 0 Å². The maximum Gasteiger partial charge on any atom is 0.288 e. The smallest absolute Gasteiger partial charge is 0.288 e. The molecule has 0 aliphatic rings. The number of carbonyl (C=O) groups excluding carboxylic acids is 1. The molecule has 0 fully saturated rings. The Bertz CT molecular complexity index is 592. The number of unbranched alkanes of at least 4 members (excludes halogenated alkanes) is 2. The minimum atomic E-state index is -3.48. The van der Waals surface area contributed by atoms with Crippen LogP contribution in [0, 0.1) is 0 Å². The first-order valence-electron chi connectivity index (χ1n) is 6.88. The van der Waals surface area contributed by atoms with Gasteiger partial charge >= 0.3 is 0 Å². The van der Waals surface area contributed by atoms with Crippen LogP contribution in [0.15, 0.2) is 29.2 Å². The van der Waals surface area contributed by atoms with Crippen LogP contribution in [0.4, 0.5) is 14.5 Å². The number of benzene rings is 1. The van der Waals surface area contributed by atoms with Gasteiger partial charge in [-0.25, -0.2) is 8.42 Å². The van der Waals surface area contributed by atoms with E-state index >= 15 is 0 Å². The van der Waals surface area contributed by atoms with Crippen molar-refractivity contribution in [3.05, 3.63) is 24.3 Å². The highest BCUT2D eigenvalue weighted by molar-refractivity contribution is 7.99. The molecule has 1 aromatic carbocycles. The molecule has 0 atom stereocenters. The summed E-state index contributed by atoms with van der Waals surface area (Å²) in [6.45, 7) is 1.96. The molecule has 22 heavy (non-hydrogen) atoms. The molecule has 0 aromatic heterocycles. The second-order valence-corrected chi connectivity index (χ2v) is 7.94. The third kappa shape index (κ3) is 7.22. The molecule has 124 valence electrons. The Balaban J connectivity index is 2.65. The number of halogens is 2. The summed E-state index contributed by atoms with van der Waals surface area (Å²) >= 11 is 0.304. The van der Waals surface area contributed by atoms with Gasteiger partial charge in [0.15, 0.2) is 9.84 Å². The van der Waals surface area contributed by atoms with E-state index in [2.05, 4.69) is 5.32 Å². The molecule has 4 nitrogen and oxygen atoms in total. The average molecular weight is 351 g/mol. The van der Waals surface area contributed by atoms with Crippen molar-refractivity contribution in [2.45, 2.75) is 36.8 Å². The fraction of sp³-hybridized carbons (Fsp3) is 0.500. The van der Waals surface area contributed by atoms with Crippen molar-refractivity contribution in [1.82, 2.24) is 0 Å². The fourth-order valence-electron chi connectivity index (χ4n) is 1.80. The summed E-state index contributed by atoms with van der Waals surface area (Å²) in [7, 11) is -3.48. The van der Waals surface area contributed by atoms with Gasteiger partial charge in [0.1, 0.15) is 5.75 Å². The largest absolute Gasteiger partial charge is 0.324 e. The third-order valence-electron chi connectivity index (χ3n) is 2.79. The van der Waals surface area contributed by atoms with Gasteiger partial charge in [-0.2, -0.15) is 8.78 Å². The summed E-state index contributed by atoms with van der Waals surface area (Å²) in [6.07, 6.45) is 2.19. The van der Waals surface area contributed by atoms with Gasteiger partial charge in [0.25, 0.3) is 5.76 Å². The summed E-state index contributed by atoms with van der Waals surface area (Å²) in [5, 5.41) is 2.39. The Morgan fingerprint density at radius 3 is 2.59 bits per heavy atom. The molecule has 0 aliphatic carbocycles. The predicted molar refractivity (Wildman–Crippen MR) is 85.1 cm³/mol. The van der Waals surface area contributed by atoms with E-state index < -0.39 is 27.3 Å². The predicted octanol–water partition coefficient (Wildman–Crippen LogP) is 3.54. The number of carbonyl (C=O) groups is 1. The van der Waals surface area contributed by atoms with Gasteiger partial charge in [-0.05, 0) is 18.6 Å². The molecule has 0 unspecified atom stereocenters. The summed E-state index contributed by atoms with van der Waals surface area (Å²) in [4.78, 5) is 12.0. The number of thioether (sulfide) groups is 1. The molecule has 0 heterocycles. The van der Waals surface area contributed by atoms with E-state index in [9.17, 15) is 22.0 Å². The van der Waals surface area contributed by atoms with Crippen LogP contribution in [-0.4, -0.2) is 31.6 Å². The van der Waals surface area contributed by atoms with Crippen molar-refractivity contribution in [3.63, 3.8) is 0 Å². The van der Waals surface area contributed by atoms with Crippen molar-refractivity contribution in [2.75, 3.05) is 16.8 Å². The molecule has 8 heteroatoms. The Labute approximate surface area is 133 Å². The fourth-order valence-corrected chi connectivity index (χ4v) is 3.65. The molecule has 1 aromatic rings. The zero-order chi connectivity index (χ0) is 16.6. The van der Waals surface area contributed by atoms with Crippen LogP contribution in [0.2, 0.25) is 0 Å². The first-order chi connectivity index (χ1) is 10.3. The monoisotopic (exact) mass is 351 g/mol. The van der Waals surface area contributed by atoms with Crippen molar-refractivity contribution < 1.29 is 22.0 Å². The van der Waals surface area contributed by atoms with Crippen LogP contribution in [0.25, 0.3) is 0 Å². The van der Waals surface area contributed by atoms with Crippen LogP contribution >= 0.6 is 11.8 Å². The van der Waals surface area contributed by atoms with Crippen molar-refractivity contribution >= 4 is 33.2 Å². The van der Waals surface area contributed by atoms with E-state index in [1.165, 1.54) is 12.1 Å². The number of rotatable bonds is 9. The average Bonchev–Trinajstić information content (AvgIpc) is 2.40. The van der Waals surface area contributed by atoms with E-state index in [1.54, 1.807) is 12.1 Å². The number of sulfone groups is 1. The molecule has 1 amide bonds. The second kappa shape index (κ2) is 9.09. The lowest BCUT2D eigenvalue weighted by atomic mass is 10.3. The Hall–Kier alpha value is -1.15. The van der Waals surface area contributed by atoms with E-state index in [0.717, 1.165) is 12.8 Å². The van der Waals surface area contributed by atoms with E-state index in [4.69, 9.17) is 0 Å². The van der Waals surface area contributed by atoms with Crippen LogP contribution in [-0.2, 0) is 14.6 Å². The molecule has 0 radical (unpaired) electrons. The first-order valence-corrected chi connectivity index (χ1v) is 9.58. The molecular formula is C14H19F2NO3S2. The highest BCUT2D eigenvalue weighted by atomic mass is 32.2. The summed E-state index contributed by atoms with van der Waals surface area (Å²) in [6, 6.07) is 6.07. The van der Waals surface area contributed by atoms with Gasteiger partial charge in [-0.1, -0.05) is 43.7 Å². The maximum absolute atomic E-state index is 12.4. The van der Waals surface area contributed by atoms with Gasteiger partial charge in [0.05, 0.1) is 11.4 Å². The minimum absolute atomic E-state index is 0.0400. The Kier molecular flexibility index (Phi) is 7.81. The van der Waals surface area contributed by atoms with Crippen LogP contribution in [0.5, 0.6) is 0 Å². The molecule has 0 bridgehead atoms. The number of hydrogen-bond acceptors (Lipinski definition) is 4. The topological polar surface area (TPSA) is 63.2 Å². The van der Waals surface area contributed by atoms with Gasteiger partial charge in [-0.3, -0.25) is 4.79 Å². The van der Waals surface area contributed by atoms with Crippen LogP contribution in [0.1, 0.15) is 26.2 Å². The third-order valence-corrected chi connectivity index (χ3v) is 5.19. The summed E-state index contributed by atoms with van der Waals surface area (Å²) in [5.74, 6) is -4.00. The zero-order valence-corrected chi connectivity index (χ0v) is 13.9. The highest BCUT2D eigenvalue weighted by Crippen LogP contribution is 2.31. The van der Waals surface area contributed by atoms with Gasteiger partial charge in [-0.15, -0.1) is 0 Å². The number of hydrogen-bond donors (Lipinski definition) is 1. The SMILES string of the molecule is CCCCCS(=O)(=O)CC(=O)Nc1ccccc1SC(F)F. The molecule has 0 spiro atoms. The summed E-state index contributed by atoms with van der Waals surface area (Å²) in [5.41, 5.74) is 0.196. The molecule has 0 aliphatic heterocycles. The van der Waals surface area contributed by atoms with E-state index in [1.807, 2.05) is 6.92 Å². The maximum atomic E-state index is 12.4. The first kappa shape index (κ1) is 18.9. The zero-order valence-electron chi connectivity index (χ0n) is 12.2. The number of anilines is 1. The number of amides is 1. The van der Waals surface area contributed by atoms with Crippen molar-refractivity contribution in [1.29, 1.82) is 0 Å². The van der Waals surface area contributed by atoms with E-state index in [-0.39, 0.29) is 16.3 Å². The minimum Gasteiger partial charge on any atom is -0.324 e. The lowest BCUT2D eigenvalue weighted by Crippen LogP contribution is -2.25.